The van der Waals surface area contributed by atoms with Crippen LogP contribution in [0.4, 0.5) is 10.5 Å². The van der Waals surface area contributed by atoms with Gasteiger partial charge in [0.1, 0.15) is 12.2 Å². The largest absolute Gasteiger partial charge is 0.490 e. The van der Waals surface area contributed by atoms with Gasteiger partial charge in [0.05, 0.1) is 22.3 Å². The van der Waals surface area contributed by atoms with Crippen LogP contribution in [0.15, 0.2) is 72.3 Å². The highest BCUT2D eigenvalue weighted by Gasteiger charge is 2.37. The Morgan fingerprint density at radius 3 is 2.37 bits per heavy atom. The number of hydrogen-bond acceptors (Lipinski definition) is 5. The lowest BCUT2D eigenvalue weighted by Crippen LogP contribution is -2.54. The molecule has 0 aromatic heterocycles. The van der Waals surface area contributed by atoms with Crippen molar-refractivity contribution < 1.29 is 23.9 Å². The molecule has 35 heavy (non-hydrogen) atoms. The first-order chi connectivity index (χ1) is 16.9. The molecule has 7 nitrogen and oxygen atoms in total. The molecule has 1 N–H and O–H groups in total. The summed E-state index contributed by atoms with van der Waals surface area (Å²) in [4.78, 5) is 38.9. The Morgan fingerprint density at radius 1 is 0.886 bits per heavy atom. The molecule has 1 aliphatic heterocycles. The minimum Gasteiger partial charge on any atom is -0.490 e. The summed E-state index contributed by atoms with van der Waals surface area (Å²) in [6.07, 6.45) is 1.39. The number of barbiturate groups is 1. The lowest BCUT2D eigenvalue weighted by Gasteiger charge is -2.26. The number of benzene rings is 3. The van der Waals surface area contributed by atoms with Crippen LogP contribution < -0.4 is 19.7 Å². The van der Waals surface area contributed by atoms with E-state index in [1.807, 2.05) is 37.3 Å². The molecule has 0 aliphatic carbocycles. The van der Waals surface area contributed by atoms with E-state index in [2.05, 4.69) is 5.32 Å². The van der Waals surface area contributed by atoms with Crippen LogP contribution in [0, 0.1) is 0 Å². The molecular formula is C26H20Cl2N2O5. The van der Waals surface area contributed by atoms with Crippen LogP contribution in [0.2, 0.25) is 10.0 Å². The molecule has 0 unspecified atom stereocenters. The molecule has 1 heterocycles. The van der Waals surface area contributed by atoms with Gasteiger partial charge in [-0.1, -0.05) is 59.6 Å². The summed E-state index contributed by atoms with van der Waals surface area (Å²) in [6, 6.07) is 18.2. The Hall–Kier alpha value is -3.81. The maximum Gasteiger partial charge on any atom is 0.335 e. The zero-order chi connectivity index (χ0) is 24.9. The Balaban J connectivity index is 1.62. The number of amides is 4. The SMILES string of the molecule is CCOc1cc(/C=C2\C(=O)NC(=O)N(c3ccc(Cl)c(Cl)c3)C2=O)ccc1OCc1ccccc1. The van der Waals surface area contributed by atoms with Crippen molar-refractivity contribution in [1.29, 1.82) is 0 Å². The summed E-state index contributed by atoms with van der Waals surface area (Å²) in [5, 5.41) is 2.61. The molecule has 4 rings (SSSR count). The van der Waals surface area contributed by atoms with Gasteiger partial charge in [-0.15, -0.1) is 0 Å². The van der Waals surface area contributed by atoms with Crippen LogP contribution >= 0.6 is 23.2 Å². The number of ether oxygens (including phenoxy) is 2. The maximum absolute atomic E-state index is 13.1. The van der Waals surface area contributed by atoms with E-state index in [9.17, 15) is 14.4 Å². The zero-order valence-corrected chi connectivity index (χ0v) is 20.1. The summed E-state index contributed by atoms with van der Waals surface area (Å²) >= 11 is 12.0. The smallest absolute Gasteiger partial charge is 0.335 e. The van der Waals surface area contributed by atoms with Crippen LogP contribution in [-0.4, -0.2) is 24.5 Å². The van der Waals surface area contributed by atoms with Gasteiger partial charge in [-0.3, -0.25) is 14.9 Å². The molecule has 1 saturated heterocycles. The molecular weight excluding hydrogens is 491 g/mol. The van der Waals surface area contributed by atoms with Gasteiger partial charge in [-0.05, 0) is 54.5 Å². The summed E-state index contributed by atoms with van der Waals surface area (Å²) < 4.78 is 11.6. The number of anilines is 1. The van der Waals surface area contributed by atoms with Gasteiger partial charge < -0.3 is 9.47 Å². The third-order valence-electron chi connectivity index (χ3n) is 5.08. The van der Waals surface area contributed by atoms with Crippen LogP contribution in [0.3, 0.4) is 0 Å². The third-order valence-corrected chi connectivity index (χ3v) is 5.82. The van der Waals surface area contributed by atoms with E-state index in [-0.39, 0.29) is 21.3 Å². The first-order valence-corrected chi connectivity index (χ1v) is 11.4. The predicted molar refractivity (Wildman–Crippen MR) is 134 cm³/mol. The number of nitrogens with zero attached hydrogens (tertiary/aromatic N) is 1. The molecule has 3 aromatic rings. The fourth-order valence-corrected chi connectivity index (χ4v) is 3.71. The second kappa shape index (κ2) is 10.6. The van der Waals surface area contributed by atoms with Crippen molar-refractivity contribution in [2.45, 2.75) is 13.5 Å². The summed E-state index contributed by atoms with van der Waals surface area (Å²) in [5.41, 5.74) is 1.47. The number of hydrogen-bond donors (Lipinski definition) is 1. The third kappa shape index (κ3) is 5.48. The average Bonchev–Trinajstić information content (AvgIpc) is 2.84. The number of halogens is 2. The molecule has 0 atom stereocenters. The van der Waals surface area contributed by atoms with Crippen LogP contribution in [0.1, 0.15) is 18.1 Å². The van der Waals surface area contributed by atoms with Crippen molar-refractivity contribution in [3.63, 3.8) is 0 Å². The van der Waals surface area contributed by atoms with E-state index in [0.717, 1.165) is 10.5 Å². The standard InChI is InChI=1S/C26H20Cl2N2O5/c1-2-34-23-13-17(8-11-22(23)35-15-16-6-4-3-5-7-16)12-19-24(31)29-26(33)30(25(19)32)18-9-10-20(27)21(28)14-18/h3-14H,2,15H2,1H3,(H,29,31,33)/b19-12+. The summed E-state index contributed by atoms with van der Waals surface area (Å²) in [5.74, 6) is -0.623. The topological polar surface area (TPSA) is 84.9 Å². The highest BCUT2D eigenvalue weighted by Crippen LogP contribution is 2.32. The van der Waals surface area contributed by atoms with E-state index >= 15 is 0 Å². The molecule has 178 valence electrons. The minimum atomic E-state index is -0.879. The van der Waals surface area contributed by atoms with E-state index in [1.54, 1.807) is 18.2 Å². The van der Waals surface area contributed by atoms with E-state index in [4.69, 9.17) is 32.7 Å². The summed E-state index contributed by atoms with van der Waals surface area (Å²) in [7, 11) is 0. The van der Waals surface area contributed by atoms with Gasteiger partial charge >= 0.3 is 6.03 Å². The van der Waals surface area contributed by atoms with Crippen molar-refractivity contribution in [2.24, 2.45) is 0 Å². The Labute approximate surface area is 211 Å². The van der Waals surface area contributed by atoms with Crippen molar-refractivity contribution >= 4 is 52.8 Å². The second-order valence-corrected chi connectivity index (χ2v) is 8.28. The highest BCUT2D eigenvalue weighted by atomic mass is 35.5. The molecule has 9 heteroatoms. The maximum atomic E-state index is 13.1. The number of carbonyl (C=O) groups excluding carboxylic acids is 3. The first-order valence-electron chi connectivity index (χ1n) is 10.7. The molecule has 0 radical (unpaired) electrons. The fourth-order valence-electron chi connectivity index (χ4n) is 3.42. The normalized spacial score (nSPS) is 14.8. The van der Waals surface area contributed by atoms with Gasteiger partial charge in [0.25, 0.3) is 11.8 Å². The summed E-state index contributed by atoms with van der Waals surface area (Å²) in [6.45, 7) is 2.58. The Morgan fingerprint density at radius 2 is 1.66 bits per heavy atom. The lowest BCUT2D eigenvalue weighted by atomic mass is 10.1. The first kappa shape index (κ1) is 24.3. The van der Waals surface area contributed by atoms with Gasteiger partial charge in [0.15, 0.2) is 11.5 Å². The van der Waals surface area contributed by atoms with Crippen LogP contribution in [-0.2, 0) is 16.2 Å². The van der Waals surface area contributed by atoms with Crippen molar-refractivity contribution in [2.75, 3.05) is 11.5 Å². The minimum absolute atomic E-state index is 0.166. The van der Waals surface area contributed by atoms with Gasteiger partial charge in [-0.2, -0.15) is 0 Å². The molecule has 1 fully saturated rings. The van der Waals surface area contributed by atoms with E-state index in [1.165, 1.54) is 24.3 Å². The zero-order valence-electron chi connectivity index (χ0n) is 18.6. The number of nitrogens with one attached hydrogen (secondary N) is 1. The van der Waals surface area contributed by atoms with Crippen LogP contribution in [0.25, 0.3) is 6.08 Å². The predicted octanol–water partition coefficient (Wildman–Crippen LogP) is 5.64. The highest BCUT2D eigenvalue weighted by molar-refractivity contribution is 6.43. The monoisotopic (exact) mass is 510 g/mol. The van der Waals surface area contributed by atoms with E-state index in [0.29, 0.717) is 30.3 Å². The van der Waals surface area contributed by atoms with Crippen molar-refractivity contribution in [1.82, 2.24) is 5.32 Å². The van der Waals surface area contributed by atoms with Crippen LogP contribution in [0.5, 0.6) is 11.5 Å². The molecule has 0 bridgehead atoms. The lowest BCUT2D eigenvalue weighted by molar-refractivity contribution is -0.122. The quantitative estimate of drug-likeness (QED) is 0.328. The van der Waals surface area contributed by atoms with Crippen molar-refractivity contribution in [3.05, 3.63) is 93.5 Å². The van der Waals surface area contributed by atoms with Gasteiger partial charge in [-0.25, -0.2) is 9.69 Å². The van der Waals surface area contributed by atoms with Gasteiger partial charge in [0, 0.05) is 0 Å². The molecule has 3 aromatic carbocycles. The van der Waals surface area contributed by atoms with E-state index < -0.39 is 17.8 Å². The Bertz CT molecular complexity index is 1320. The second-order valence-electron chi connectivity index (χ2n) is 7.47. The number of urea groups is 1. The number of imide groups is 2. The average molecular weight is 511 g/mol. The molecule has 0 spiro atoms. The number of carbonyl (C=O) groups is 3. The molecule has 4 amide bonds. The van der Waals surface area contributed by atoms with Crippen molar-refractivity contribution in [3.8, 4) is 11.5 Å². The molecule has 0 saturated carbocycles. The van der Waals surface area contributed by atoms with Gasteiger partial charge in [0.2, 0.25) is 0 Å². The Kier molecular flexibility index (Phi) is 7.39. The molecule has 1 aliphatic rings. The fraction of sp³-hybridized carbons (Fsp3) is 0.115. The number of rotatable bonds is 7.